The number of hydrogen-bond acceptors (Lipinski definition) is 4. The lowest BCUT2D eigenvalue weighted by Gasteiger charge is -2.33. The molecule has 0 saturated carbocycles. The smallest absolute Gasteiger partial charge is 0.226 e. The fraction of sp³-hybridized carbons (Fsp3) is 0.346. The summed E-state index contributed by atoms with van der Waals surface area (Å²) in [5.74, 6) is 0.483. The highest BCUT2D eigenvalue weighted by atomic mass is 19.1. The molecule has 0 aliphatic carbocycles. The molecule has 1 amide bonds. The summed E-state index contributed by atoms with van der Waals surface area (Å²) in [7, 11) is 0. The normalized spacial score (nSPS) is 19.8. The SMILES string of the molecule is N#Cc1ccc(Cn2cncc2CC[C@H]2CCN(C3CCOc4ccc(F)cc43)C2=O)cc1. The van der Waals surface area contributed by atoms with E-state index in [1.54, 1.807) is 6.07 Å². The molecule has 1 saturated heterocycles. The Hall–Kier alpha value is -3.66. The number of ether oxygens (including phenoxy) is 1. The summed E-state index contributed by atoms with van der Waals surface area (Å²) in [6, 6.07) is 14.1. The van der Waals surface area contributed by atoms with Gasteiger partial charge in [-0.3, -0.25) is 4.79 Å². The standard InChI is InChI=1S/C26H25FN4O2/c27-21-6-8-25-23(13-21)24(10-12-33-25)31-11-9-20(26(31)32)5-7-22-15-29-17-30(22)16-19-3-1-18(14-28)2-4-19/h1-4,6,8,13,15,17,20,24H,5,7,9-12,16H2/t20-,24?/m0/s1. The van der Waals surface area contributed by atoms with Crippen LogP contribution in [0.5, 0.6) is 5.75 Å². The van der Waals surface area contributed by atoms with Crippen molar-refractivity contribution in [1.82, 2.24) is 14.5 Å². The first-order valence-electron chi connectivity index (χ1n) is 11.3. The van der Waals surface area contributed by atoms with Gasteiger partial charge in [0, 0.05) is 42.9 Å². The second kappa shape index (κ2) is 9.07. The van der Waals surface area contributed by atoms with Crippen LogP contribution in [0.4, 0.5) is 4.39 Å². The largest absolute Gasteiger partial charge is 0.493 e. The van der Waals surface area contributed by atoms with Gasteiger partial charge in [0.15, 0.2) is 0 Å². The molecule has 0 N–H and O–H groups in total. The third kappa shape index (κ3) is 4.34. The molecule has 2 aliphatic rings. The Morgan fingerprint density at radius 3 is 2.85 bits per heavy atom. The number of amides is 1. The summed E-state index contributed by atoms with van der Waals surface area (Å²) in [6.07, 6.45) is 6.69. The van der Waals surface area contributed by atoms with Gasteiger partial charge in [-0.05, 0) is 55.2 Å². The number of carbonyl (C=O) groups is 1. The predicted molar refractivity (Wildman–Crippen MR) is 120 cm³/mol. The Labute approximate surface area is 192 Å². The molecule has 2 aromatic carbocycles. The molecule has 5 rings (SSSR count). The number of carbonyl (C=O) groups excluding carboxylic acids is 1. The van der Waals surface area contributed by atoms with Gasteiger partial charge >= 0.3 is 0 Å². The summed E-state index contributed by atoms with van der Waals surface area (Å²) < 4.78 is 21.6. The van der Waals surface area contributed by atoms with Crippen molar-refractivity contribution in [3.63, 3.8) is 0 Å². The molecule has 2 atom stereocenters. The van der Waals surface area contributed by atoms with Crippen LogP contribution in [-0.2, 0) is 17.8 Å². The number of benzene rings is 2. The fourth-order valence-electron chi connectivity index (χ4n) is 4.91. The highest BCUT2D eigenvalue weighted by Crippen LogP contribution is 2.40. The minimum Gasteiger partial charge on any atom is -0.493 e. The van der Waals surface area contributed by atoms with Crippen molar-refractivity contribution in [3.8, 4) is 11.8 Å². The van der Waals surface area contributed by atoms with Gasteiger partial charge < -0.3 is 14.2 Å². The van der Waals surface area contributed by atoms with E-state index in [2.05, 4.69) is 15.6 Å². The maximum absolute atomic E-state index is 13.9. The van der Waals surface area contributed by atoms with E-state index in [1.165, 1.54) is 12.1 Å². The summed E-state index contributed by atoms with van der Waals surface area (Å²) in [6.45, 7) is 1.90. The van der Waals surface area contributed by atoms with E-state index in [1.807, 2.05) is 41.7 Å². The van der Waals surface area contributed by atoms with Crippen LogP contribution in [0.15, 0.2) is 55.0 Å². The fourth-order valence-corrected chi connectivity index (χ4v) is 4.91. The number of halogens is 1. The Balaban J connectivity index is 1.23. The third-order valence-corrected chi connectivity index (χ3v) is 6.69. The van der Waals surface area contributed by atoms with E-state index >= 15 is 0 Å². The van der Waals surface area contributed by atoms with Crippen LogP contribution in [0, 0.1) is 23.1 Å². The van der Waals surface area contributed by atoms with Gasteiger partial charge in [0.25, 0.3) is 0 Å². The van der Waals surface area contributed by atoms with Crippen molar-refractivity contribution in [2.75, 3.05) is 13.2 Å². The molecule has 7 heteroatoms. The van der Waals surface area contributed by atoms with E-state index in [-0.39, 0.29) is 23.7 Å². The average molecular weight is 445 g/mol. The minimum absolute atomic E-state index is 0.0388. The Bertz CT molecular complexity index is 1200. The van der Waals surface area contributed by atoms with Crippen molar-refractivity contribution >= 4 is 5.91 Å². The van der Waals surface area contributed by atoms with Gasteiger partial charge in [-0.2, -0.15) is 5.26 Å². The van der Waals surface area contributed by atoms with Crippen LogP contribution in [0.3, 0.4) is 0 Å². The third-order valence-electron chi connectivity index (χ3n) is 6.69. The number of likely N-dealkylation sites (tertiary alicyclic amines) is 1. The van der Waals surface area contributed by atoms with Crippen LogP contribution < -0.4 is 4.74 Å². The minimum atomic E-state index is -0.303. The molecule has 2 aliphatic heterocycles. The molecule has 33 heavy (non-hydrogen) atoms. The Morgan fingerprint density at radius 1 is 1.18 bits per heavy atom. The van der Waals surface area contributed by atoms with Crippen LogP contribution in [-0.4, -0.2) is 33.5 Å². The molecule has 3 aromatic rings. The van der Waals surface area contributed by atoms with E-state index in [9.17, 15) is 9.18 Å². The molecule has 3 heterocycles. The summed E-state index contributed by atoms with van der Waals surface area (Å²) >= 11 is 0. The number of nitriles is 1. The summed E-state index contributed by atoms with van der Waals surface area (Å²) in [4.78, 5) is 19.5. The molecule has 0 radical (unpaired) electrons. The molecular formula is C26H25FN4O2. The van der Waals surface area contributed by atoms with Crippen molar-refractivity contribution in [3.05, 3.63) is 83.2 Å². The van der Waals surface area contributed by atoms with E-state index < -0.39 is 0 Å². The lowest BCUT2D eigenvalue weighted by Crippen LogP contribution is -2.35. The molecule has 6 nitrogen and oxygen atoms in total. The maximum atomic E-state index is 13.9. The van der Waals surface area contributed by atoms with E-state index in [4.69, 9.17) is 10.00 Å². The number of aryl methyl sites for hydroxylation is 1. The number of rotatable bonds is 6. The zero-order chi connectivity index (χ0) is 22.8. The van der Waals surface area contributed by atoms with Crippen molar-refractivity contribution in [1.29, 1.82) is 5.26 Å². The van der Waals surface area contributed by atoms with Gasteiger partial charge in [-0.1, -0.05) is 12.1 Å². The lowest BCUT2D eigenvalue weighted by molar-refractivity contribution is -0.133. The number of hydrogen-bond donors (Lipinski definition) is 0. The molecule has 1 aromatic heterocycles. The molecular weight excluding hydrogens is 419 g/mol. The Kier molecular flexibility index (Phi) is 5.82. The maximum Gasteiger partial charge on any atom is 0.226 e. The van der Waals surface area contributed by atoms with Crippen molar-refractivity contribution in [2.24, 2.45) is 5.92 Å². The van der Waals surface area contributed by atoms with Crippen LogP contribution in [0.25, 0.3) is 0 Å². The molecule has 1 fully saturated rings. The van der Waals surface area contributed by atoms with Gasteiger partial charge in [0.05, 0.1) is 30.6 Å². The van der Waals surface area contributed by atoms with Crippen LogP contribution in [0.1, 0.15) is 47.7 Å². The Morgan fingerprint density at radius 2 is 2.03 bits per heavy atom. The van der Waals surface area contributed by atoms with Crippen molar-refractivity contribution < 1.29 is 13.9 Å². The molecule has 0 bridgehead atoms. The van der Waals surface area contributed by atoms with Gasteiger partial charge in [0.1, 0.15) is 11.6 Å². The highest BCUT2D eigenvalue weighted by molar-refractivity contribution is 5.81. The number of nitrogens with zero attached hydrogens (tertiary/aromatic N) is 4. The predicted octanol–water partition coefficient (Wildman–Crippen LogP) is 4.25. The van der Waals surface area contributed by atoms with Crippen LogP contribution in [0.2, 0.25) is 0 Å². The zero-order valence-electron chi connectivity index (χ0n) is 18.3. The van der Waals surface area contributed by atoms with Crippen LogP contribution >= 0.6 is 0 Å². The first-order chi connectivity index (χ1) is 16.1. The highest BCUT2D eigenvalue weighted by Gasteiger charge is 2.38. The lowest BCUT2D eigenvalue weighted by atomic mass is 9.98. The number of aromatic nitrogens is 2. The first kappa shape index (κ1) is 21.2. The first-order valence-corrected chi connectivity index (χ1v) is 11.3. The topological polar surface area (TPSA) is 71.2 Å². The monoisotopic (exact) mass is 444 g/mol. The second-order valence-corrected chi connectivity index (χ2v) is 8.71. The summed E-state index contributed by atoms with van der Waals surface area (Å²) in [5, 5.41) is 8.97. The summed E-state index contributed by atoms with van der Waals surface area (Å²) in [5.41, 5.74) is 3.60. The average Bonchev–Trinajstić information content (AvgIpc) is 3.43. The van der Waals surface area contributed by atoms with E-state index in [0.717, 1.165) is 36.1 Å². The van der Waals surface area contributed by atoms with Gasteiger partial charge in [-0.25, -0.2) is 9.37 Å². The second-order valence-electron chi connectivity index (χ2n) is 8.71. The molecule has 1 unspecified atom stereocenters. The molecule has 168 valence electrons. The number of imidazole rings is 1. The van der Waals surface area contributed by atoms with Gasteiger partial charge in [0.2, 0.25) is 5.91 Å². The van der Waals surface area contributed by atoms with E-state index in [0.29, 0.717) is 37.4 Å². The zero-order valence-corrected chi connectivity index (χ0v) is 18.3. The molecule has 0 spiro atoms. The van der Waals surface area contributed by atoms with Crippen molar-refractivity contribution in [2.45, 2.75) is 38.3 Å². The number of fused-ring (bicyclic) bond motifs is 1. The quantitative estimate of drug-likeness (QED) is 0.570. The van der Waals surface area contributed by atoms with Gasteiger partial charge in [-0.15, -0.1) is 0 Å².